The van der Waals surface area contributed by atoms with Gasteiger partial charge in [-0.15, -0.1) is 0 Å². The highest BCUT2D eigenvalue weighted by Gasteiger charge is 2.35. The molecule has 0 saturated carbocycles. The molecule has 0 unspecified atom stereocenters. The van der Waals surface area contributed by atoms with Crippen LogP contribution in [0.25, 0.3) is 43.4 Å². The molecule has 0 bridgehead atoms. The average Bonchev–Trinajstić information content (AvgIpc) is 3.45. The number of carbonyl (C=O) groups is 2. The lowest BCUT2D eigenvalue weighted by molar-refractivity contribution is 0.0984. The molecule has 7 rings (SSSR count). The van der Waals surface area contributed by atoms with Crippen molar-refractivity contribution < 1.29 is 9.59 Å². The van der Waals surface area contributed by atoms with E-state index in [-0.39, 0.29) is 11.8 Å². The van der Waals surface area contributed by atoms with Crippen molar-refractivity contribution in [1.29, 1.82) is 0 Å². The van der Waals surface area contributed by atoms with E-state index in [1.54, 1.807) is 12.4 Å². The van der Waals surface area contributed by atoms with E-state index >= 15 is 0 Å². The van der Waals surface area contributed by atoms with Crippen molar-refractivity contribution in [1.82, 2.24) is 9.97 Å². The van der Waals surface area contributed by atoms with Gasteiger partial charge in [-0.05, 0) is 37.1 Å². The lowest BCUT2D eigenvalue weighted by Gasteiger charge is -2.19. The minimum Gasteiger partial charge on any atom is -0.308 e. The zero-order valence-electron chi connectivity index (χ0n) is 25.0. The first-order valence-electron chi connectivity index (χ1n) is 16.2. The quantitative estimate of drug-likeness (QED) is 0.0771. The summed E-state index contributed by atoms with van der Waals surface area (Å²) in [5.74, 6) is 0.108. The first-order chi connectivity index (χ1) is 20.7. The van der Waals surface area contributed by atoms with Gasteiger partial charge >= 0.3 is 0 Å². The van der Waals surface area contributed by atoms with Crippen LogP contribution < -0.4 is 9.80 Å². The number of rotatable bonds is 14. The molecule has 0 radical (unpaired) electrons. The number of hydrogen-bond donors (Lipinski definition) is 0. The van der Waals surface area contributed by atoms with Gasteiger partial charge in [0.15, 0.2) is 0 Å². The van der Waals surface area contributed by atoms with Gasteiger partial charge in [0.05, 0.1) is 33.5 Å². The third-order valence-corrected chi connectivity index (χ3v) is 9.54. The van der Waals surface area contributed by atoms with E-state index in [1.807, 2.05) is 9.80 Å². The lowest BCUT2D eigenvalue weighted by Crippen LogP contribution is -2.27. The Morgan fingerprint density at radius 2 is 0.929 bits per heavy atom. The third-order valence-electron chi connectivity index (χ3n) is 9.54. The van der Waals surface area contributed by atoms with Crippen molar-refractivity contribution in [3.63, 3.8) is 0 Å². The van der Waals surface area contributed by atoms with Gasteiger partial charge in [-0.1, -0.05) is 78.1 Å². The van der Waals surface area contributed by atoms with Gasteiger partial charge in [-0.3, -0.25) is 19.6 Å². The Balaban J connectivity index is 1.27. The Bertz CT molecular complexity index is 1670. The molecule has 5 aromatic rings. The topological polar surface area (TPSA) is 66.4 Å². The second-order valence-electron chi connectivity index (χ2n) is 12.3. The Hall–Kier alpha value is -3.80. The molecule has 6 nitrogen and oxygen atoms in total. The molecular weight excluding hydrogens is 520 g/mol. The van der Waals surface area contributed by atoms with E-state index < -0.39 is 0 Å². The zero-order valence-corrected chi connectivity index (χ0v) is 25.0. The lowest BCUT2D eigenvalue weighted by atomic mass is 9.92. The summed E-state index contributed by atoms with van der Waals surface area (Å²) < 4.78 is 0. The molecule has 2 amide bonds. The maximum absolute atomic E-state index is 13.6. The number of fused-ring (bicyclic) bond motifs is 2. The molecule has 216 valence electrons. The van der Waals surface area contributed by atoms with Crippen molar-refractivity contribution in [2.45, 2.75) is 90.9 Å². The van der Waals surface area contributed by atoms with Crippen LogP contribution in [0.1, 0.15) is 112 Å². The monoisotopic (exact) mass is 560 g/mol. The molecule has 0 spiro atoms. The Labute approximate surface area is 247 Å². The van der Waals surface area contributed by atoms with Crippen LogP contribution in [-0.2, 0) is 0 Å². The third kappa shape index (κ3) is 4.13. The summed E-state index contributed by atoms with van der Waals surface area (Å²) in [7, 11) is 0. The number of nitrogens with zero attached hydrogens (tertiary/aromatic N) is 4. The number of benzene rings is 3. The fourth-order valence-electron chi connectivity index (χ4n) is 7.37. The van der Waals surface area contributed by atoms with E-state index in [0.717, 1.165) is 93.5 Å². The van der Waals surface area contributed by atoms with Crippen LogP contribution in [-0.4, -0.2) is 34.9 Å². The number of carbonyl (C=O) groups excluding carboxylic acids is 2. The molecule has 0 aliphatic carbocycles. The van der Waals surface area contributed by atoms with Gasteiger partial charge in [0.1, 0.15) is 0 Å². The first-order valence-corrected chi connectivity index (χ1v) is 16.2. The summed E-state index contributed by atoms with van der Waals surface area (Å²) in [6.07, 6.45) is 17.8. The smallest absolute Gasteiger partial charge is 0.260 e. The summed E-state index contributed by atoms with van der Waals surface area (Å²) >= 11 is 0. The highest BCUT2D eigenvalue weighted by molar-refractivity contribution is 6.40. The predicted molar refractivity (Wildman–Crippen MR) is 173 cm³/mol. The average molecular weight is 561 g/mol. The van der Waals surface area contributed by atoms with Crippen LogP contribution in [0.5, 0.6) is 0 Å². The fourth-order valence-corrected chi connectivity index (χ4v) is 7.37. The van der Waals surface area contributed by atoms with Crippen molar-refractivity contribution in [3.8, 4) is 0 Å². The van der Waals surface area contributed by atoms with Gasteiger partial charge in [0.2, 0.25) is 0 Å². The molecule has 0 saturated heterocycles. The second kappa shape index (κ2) is 11.1. The normalized spacial score (nSPS) is 14.3. The van der Waals surface area contributed by atoms with Gasteiger partial charge in [-0.2, -0.15) is 0 Å². The molecule has 0 fully saturated rings. The second-order valence-corrected chi connectivity index (χ2v) is 12.3. The van der Waals surface area contributed by atoms with Crippen LogP contribution in [0.2, 0.25) is 0 Å². The summed E-state index contributed by atoms with van der Waals surface area (Å²) in [5, 5.41) is 6.03. The van der Waals surface area contributed by atoms with Gasteiger partial charge in [-0.25, -0.2) is 0 Å². The molecule has 2 aliphatic rings. The number of hydrogen-bond acceptors (Lipinski definition) is 4. The molecule has 0 atom stereocenters. The zero-order chi connectivity index (χ0) is 28.8. The highest BCUT2D eigenvalue weighted by atomic mass is 16.2. The SMILES string of the molecule is CCCCCCCCN1C(=O)c2cnc3c4ccc5c6c(cnc(c7ccc1c2c73)c64)C(=O)N5CCCCCCCC. The van der Waals surface area contributed by atoms with E-state index in [9.17, 15) is 9.59 Å². The van der Waals surface area contributed by atoms with E-state index in [2.05, 4.69) is 38.1 Å². The van der Waals surface area contributed by atoms with Crippen LogP contribution >= 0.6 is 0 Å². The molecule has 42 heavy (non-hydrogen) atoms. The van der Waals surface area contributed by atoms with Crippen LogP contribution in [0.3, 0.4) is 0 Å². The molecule has 2 aromatic heterocycles. The van der Waals surface area contributed by atoms with Crippen LogP contribution in [0.15, 0.2) is 36.7 Å². The highest BCUT2D eigenvalue weighted by Crippen LogP contribution is 2.49. The number of aromatic nitrogens is 2. The van der Waals surface area contributed by atoms with Crippen molar-refractivity contribution in [2.75, 3.05) is 22.9 Å². The standard InChI is InChI=1S/C36H40N4O2/c1-3-5-7-9-11-13-19-39-27-17-15-23-31-29(27)25(35(39)41)21-37-33(31)24-16-18-28-30-26(22-38-34(23)32(24)30)36(42)40(28)20-14-12-10-8-6-4-2/h15-18,21-22H,3-14,19-20H2,1-2H3. The van der Waals surface area contributed by atoms with Gasteiger partial charge < -0.3 is 9.80 Å². The minimum absolute atomic E-state index is 0.0539. The maximum Gasteiger partial charge on any atom is 0.260 e. The summed E-state index contributed by atoms with van der Waals surface area (Å²) in [5.41, 5.74) is 5.13. The van der Waals surface area contributed by atoms with Gasteiger partial charge in [0.25, 0.3) is 11.8 Å². The van der Waals surface area contributed by atoms with E-state index in [1.165, 1.54) is 51.4 Å². The Morgan fingerprint density at radius 1 is 0.524 bits per heavy atom. The van der Waals surface area contributed by atoms with Crippen molar-refractivity contribution in [3.05, 3.63) is 47.8 Å². The van der Waals surface area contributed by atoms with Crippen LogP contribution in [0.4, 0.5) is 11.4 Å². The first kappa shape index (κ1) is 27.1. The minimum atomic E-state index is 0.0539. The van der Waals surface area contributed by atoms with Crippen molar-refractivity contribution in [2.24, 2.45) is 0 Å². The van der Waals surface area contributed by atoms with Crippen molar-refractivity contribution >= 4 is 66.5 Å². The number of anilines is 2. The van der Waals surface area contributed by atoms with Crippen LogP contribution in [0, 0.1) is 0 Å². The molecule has 0 N–H and O–H groups in total. The molecule has 4 heterocycles. The predicted octanol–water partition coefficient (Wildman–Crippen LogP) is 9.17. The molecule has 3 aromatic carbocycles. The summed E-state index contributed by atoms with van der Waals surface area (Å²) in [6, 6.07) is 8.42. The molecule has 2 aliphatic heterocycles. The number of unbranched alkanes of at least 4 members (excludes halogenated alkanes) is 10. The summed E-state index contributed by atoms with van der Waals surface area (Å²) in [6.45, 7) is 5.93. The molecule has 6 heteroatoms. The number of pyridine rings is 2. The largest absolute Gasteiger partial charge is 0.308 e. The summed E-state index contributed by atoms with van der Waals surface area (Å²) in [4.78, 5) is 40.9. The fraction of sp³-hybridized carbons (Fsp3) is 0.444. The number of amides is 2. The Kier molecular flexibility index (Phi) is 7.17. The van der Waals surface area contributed by atoms with Gasteiger partial charge in [0, 0.05) is 57.8 Å². The van der Waals surface area contributed by atoms with E-state index in [4.69, 9.17) is 9.97 Å². The van der Waals surface area contributed by atoms with E-state index in [0.29, 0.717) is 11.1 Å². The maximum atomic E-state index is 13.6. The Morgan fingerprint density at radius 3 is 1.36 bits per heavy atom. The molecular formula is C36H40N4O2.